The molecule has 1 saturated heterocycles. The molecule has 3 aromatic rings. The van der Waals surface area contributed by atoms with Crippen molar-refractivity contribution in [2.75, 3.05) is 11.9 Å². The maximum absolute atomic E-state index is 13.4. The second-order valence-electron chi connectivity index (χ2n) is 8.20. The van der Waals surface area contributed by atoms with Crippen molar-refractivity contribution in [3.63, 3.8) is 0 Å². The molecule has 0 bridgehead atoms. The van der Waals surface area contributed by atoms with Gasteiger partial charge in [-0.1, -0.05) is 54.6 Å². The van der Waals surface area contributed by atoms with E-state index in [1.807, 2.05) is 66.7 Å². The summed E-state index contributed by atoms with van der Waals surface area (Å²) >= 11 is 0. The topological polar surface area (TPSA) is 78.5 Å². The maximum Gasteiger partial charge on any atom is 0.325 e. The second kappa shape index (κ2) is 7.54. The third-order valence-corrected chi connectivity index (χ3v) is 6.24. The number of carbonyl (C=O) groups is 3. The zero-order valence-electron chi connectivity index (χ0n) is 17.1. The Bertz CT molecular complexity index is 1210. The molecule has 1 spiro atoms. The molecule has 4 amide bonds. The number of rotatable bonds is 3. The van der Waals surface area contributed by atoms with Gasteiger partial charge in [0.1, 0.15) is 12.1 Å². The number of hydrogen-bond donors (Lipinski definition) is 2. The number of fused-ring (bicyclic) bond motifs is 3. The number of benzene rings is 3. The first-order valence-electron chi connectivity index (χ1n) is 10.6. The molecular weight excluding hydrogens is 390 g/mol. The van der Waals surface area contributed by atoms with Crippen LogP contribution >= 0.6 is 0 Å². The van der Waals surface area contributed by atoms with Crippen LogP contribution in [0.4, 0.5) is 10.5 Å². The number of urea groups is 1. The molecule has 1 aliphatic heterocycles. The van der Waals surface area contributed by atoms with E-state index in [1.165, 1.54) is 0 Å². The van der Waals surface area contributed by atoms with E-state index in [-0.39, 0.29) is 12.5 Å². The van der Waals surface area contributed by atoms with Gasteiger partial charge in [0.2, 0.25) is 5.91 Å². The quantitative estimate of drug-likeness (QED) is 0.638. The fraction of sp³-hybridized carbons (Fsp3) is 0.240. The Balaban J connectivity index is 1.37. The van der Waals surface area contributed by atoms with Crippen molar-refractivity contribution >= 4 is 34.3 Å². The lowest BCUT2D eigenvalue weighted by Crippen LogP contribution is -2.44. The number of nitrogens with one attached hydrogen (secondary N) is 2. The molecule has 6 nitrogen and oxygen atoms in total. The normalized spacial score (nSPS) is 20.5. The number of carbonyl (C=O) groups excluding carboxylic acids is 3. The third kappa shape index (κ3) is 3.34. The first-order valence-corrected chi connectivity index (χ1v) is 10.6. The molecule has 0 aromatic heterocycles. The van der Waals surface area contributed by atoms with Crippen molar-refractivity contribution < 1.29 is 14.4 Å². The highest BCUT2D eigenvalue weighted by Crippen LogP contribution is 2.38. The van der Waals surface area contributed by atoms with Gasteiger partial charge in [0.15, 0.2) is 0 Å². The molecule has 31 heavy (non-hydrogen) atoms. The van der Waals surface area contributed by atoms with E-state index < -0.39 is 17.5 Å². The minimum atomic E-state index is -1.08. The molecule has 2 aliphatic rings. The molecule has 156 valence electrons. The molecule has 2 N–H and O–H groups in total. The average molecular weight is 413 g/mol. The molecular formula is C25H23N3O3. The molecule has 1 aliphatic carbocycles. The van der Waals surface area contributed by atoms with Crippen LogP contribution in [-0.2, 0) is 21.5 Å². The number of anilines is 1. The average Bonchev–Trinajstić information content (AvgIpc) is 2.91. The van der Waals surface area contributed by atoms with Crippen LogP contribution < -0.4 is 10.6 Å². The number of imide groups is 1. The Hall–Kier alpha value is -3.67. The molecule has 5 rings (SSSR count). The lowest BCUT2D eigenvalue weighted by Gasteiger charge is -2.27. The van der Waals surface area contributed by atoms with Crippen LogP contribution in [0.25, 0.3) is 10.8 Å². The molecule has 1 fully saturated rings. The second-order valence-corrected chi connectivity index (χ2v) is 8.20. The van der Waals surface area contributed by atoms with Crippen molar-refractivity contribution in [3.05, 3.63) is 77.9 Å². The highest BCUT2D eigenvalue weighted by molar-refractivity contribution is 6.10. The lowest BCUT2D eigenvalue weighted by atomic mass is 9.84. The van der Waals surface area contributed by atoms with Gasteiger partial charge in [-0.2, -0.15) is 0 Å². The predicted molar refractivity (Wildman–Crippen MR) is 118 cm³/mol. The van der Waals surface area contributed by atoms with E-state index in [1.54, 1.807) is 0 Å². The summed E-state index contributed by atoms with van der Waals surface area (Å²) in [5, 5.41) is 7.80. The highest BCUT2D eigenvalue weighted by atomic mass is 16.2. The summed E-state index contributed by atoms with van der Waals surface area (Å²) in [7, 11) is 0. The Morgan fingerprint density at radius 2 is 1.74 bits per heavy atom. The van der Waals surface area contributed by atoms with E-state index >= 15 is 0 Å². The number of amides is 4. The molecule has 0 radical (unpaired) electrons. The summed E-state index contributed by atoms with van der Waals surface area (Å²) in [6.07, 6.45) is 3.21. The highest BCUT2D eigenvalue weighted by Gasteiger charge is 2.53. The van der Waals surface area contributed by atoms with Gasteiger partial charge in [-0.05, 0) is 59.7 Å². The van der Waals surface area contributed by atoms with Crippen LogP contribution in [0.1, 0.15) is 30.4 Å². The minimum Gasteiger partial charge on any atom is -0.325 e. The van der Waals surface area contributed by atoms with Crippen LogP contribution in [0.5, 0.6) is 0 Å². The zero-order valence-corrected chi connectivity index (χ0v) is 17.1. The predicted octanol–water partition coefficient (Wildman–Crippen LogP) is 3.95. The molecule has 3 aromatic carbocycles. The monoisotopic (exact) mass is 413 g/mol. The van der Waals surface area contributed by atoms with Gasteiger partial charge in [-0.25, -0.2) is 4.79 Å². The van der Waals surface area contributed by atoms with Crippen molar-refractivity contribution in [2.45, 2.75) is 31.2 Å². The fourth-order valence-electron chi connectivity index (χ4n) is 4.73. The lowest BCUT2D eigenvalue weighted by molar-refractivity contribution is -0.134. The summed E-state index contributed by atoms with van der Waals surface area (Å²) in [5.41, 5.74) is 1.48. The van der Waals surface area contributed by atoms with Gasteiger partial charge in [0, 0.05) is 5.69 Å². The fourth-order valence-corrected chi connectivity index (χ4v) is 4.73. The van der Waals surface area contributed by atoms with Crippen LogP contribution in [0, 0.1) is 0 Å². The Morgan fingerprint density at radius 1 is 0.968 bits per heavy atom. The number of aryl methyl sites for hydroxylation is 1. The minimum absolute atomic E-state index is 0.318. The molecule has 1 unspecified atom stereocenters. The van der Waals surface area contributed by atoms with E-state index in [0.29, 0.717) is 12.1 Å². The summed E-state index contributed by atoms with van der Waals surface area (Å²) in [6.45, 7) is -0.318. The van der Waals surface area contributed by atoms with Gasteiger partial charge in [-0.15, -0.1) is 0 Å². The Labute approximate surface area is 180 Å². The maximum atomic E-state index is 13.4. The largest absolute Gasteiger partial charge is 0.325 e. The van der Waals surface area contributed by atoms with Crippen molar-refractivity contribution in [3.8, 4) is 0 Å². The Kier molecular flexibility index (Phi) is 4.70. The summed E-state index contributed by atoms with van der Waals surface area (Å²) in [5.74, 6) is -0.752. The number of hydrogen-bond acceptors (Lipinski definition) is 3. The van der Waals surface area contributed by atoms with Gasteiger partial charge >= 0.3 is 6.03 Å². The van der Waals surface area contributed by atoms with E-state index in [0.717, 1.165) is 46.1 Å². The van der Waals surface area contributed by atoms with Gasteiger partial charge in [0.25, 0.3) is 5.91 Å². The summed E-state index contributed by atoms with van der Waals surface area (Å²) < 4.78 is 0. The smallest absolute Gasteiger partial charge is 0.325 e. The molecule has 1 atom stereocenters. The van der Waals surface area contributed by atoms with Crippen LogP contribution in [0.3, 0.4) is 0 Å². The molecule has 1 heterocycles. The van der Waals surface area contributed by atoms with Gasteiger partial charge in [0.05, 0.1) is 0 Å². The third-order valence-electron chi connectivity index (χ3n) is 6.24. The molecule has 0 saturated carbocycles. The standard InChI is InChI=1S/C25H23N3O3/c29-22(26-20-13-12-17-7-1-2-10-19(17)15-20)16-28-23(30)25(27-24(28)31)14-6-5-9-18-8-3-4-11-21(18)25/h1-4,7-8,10-13,15H,5-6,9,14,16H2,(H,26,29)(H,27,31). The van der Waals surface area contributed by atoms with E-state index in [9.17, 15) is 14.4 Å². The summed E-state index contributed by atoms with van der Waals surface area (Å²) in [4.78, 5) is 39.9. The Morgan fingerprint density at radius 3 is 2.61 bits per heavy atom. The van der Waals surface area contributed by atoms with Crippen molar-refractivity contribution in [1.29, 1.82) is 0 Å². The van der Waals surface area contributed by atoms with Gasteiger partial charge < -0.3 is 10.6 Å². The van der Waals surface area contributed by atoms with Crippen molar-refractivity contribution in [1.82, 2.24) is 10.2 Å². The van der Waals surface area contributed by atoms with Gasteiger partial charge in [-0.3, -0.25) is 14.5 Å². The SMILES string of the molecule is O=C(CN1C(=O)NC2(CCCCc3ccccc32)C1=O)Nc1ccc2ccccc2c1. The zero-order chi connectivity index (χ0) is 21.4. The van der Waals surface area contributed by atoms with Crippen LogP contribution in [0.15, 0.2) is 66.7 Å². The molecule has 6 heteroatoms. The van der Waals surface area contributed by atoms with E-state index in [4.69, 9.17) is 0 Å². The van der Waals surface area contributed by atoms with Crippen LogP contribution in [-0.4, -0.2) is 29.3 Å². The first kappa shape index (κ1) is 19.3. The number of nitrogens with zero attached hydrogens (tertiary/aromatic N) is 1. The summed E-state index contributed by atoms with van der Waals surface area (Å²) in [6, 6.07) is 20.7. The van der Waals surface area contributed by atoms with Crippen LogP contribution in [0.2, 0.25) is 0 Å². The van der Waals surface area contributed by atoms with E-state index in [2.05, 4.69) is 10.6 Å². The first-order chi connectivity index (χ1) is 15.1. The van der Waals surface area contributed by atoms with Crippen molar-refractivity contribution in [2.24, 2.45) is 0 Å².